The molecular formula is C32H64O8. The van der Waals surface area contributed by atoms with Gasteiger partial charge in [-0.25, -0.2) is 0 Å². The molecule has 0 aromatic rings. The van der Waals surface area contributed by atoms with Crippen LogP contribution in [0.5, 0.6) is 0 Å². The monoisotopic (exact) mass is 576 g/mol. The van der Waals surface area contributed by atoms with Gasteiger partial charge in [-0.05, 0) is 67.7 Å². The summed E-state index contributed by atoms with van der Waals surface area (Å²) in [7, 11) is 0. The summed E-state index contributed by atoms with van der Waals surface area (Å²) in [6.45, 7) is 15.1. The number of ether oxygens (including phenoxy) is 3. The van der Waals surface area contributed by atoms with E-state index in [2.05, 4.69) is 6.92 Å². The van der Waals surface area contributed by atoms with E-state index in [9.17, 15) is 25.2 Å². The highest BCUT2D eigenvalue weighted by Gasteiger charge is 2.36. The Morgan fingerprint density at radius 3 is 1.48 bits per heavy atom. The molecule has 0 saturated heterocycles. The average Bonchev–Trinajstić information content (AvgIpc) is 2.81. The fourth-order valence-corrected chi connectivity index (χ4v) is 5.33. The number of esters is 1. The van der Waals surface area contributed by atoms with Crippen LogP contribution in [0.1, 0.15) is 145 Å². The molecule has 6 atom stereocenters. The van der Waals surface area contributed by atoms with Crippen molar-refractivity contribution in [3.63, 3.8) is 0 Å². The van der Waals surface area contributed by atoms with Crippen molar-refractivity contribution in [1.29, 1.82) is 0 Å². The maximum absolute atomic E-state index is 11.5. The molecule has 0 aliphatic heterocycles. The third kappa shape index (κ3) is 21.0. The molecule has 0 saturated carbocycles. The van der Waals surface area contributed by atoms with E-state index in [0.29, 0.717) is 38.7 Å². The Labute approximate surface area is 245 Å². The van der Waals surface area contributed by atoms with E-state index in [-0.39, 0.29) is 18.2 Å². The SMILES string of the molecule is CCCCCCC(OC(C)CC(C)(C)O)C(O)C(O)C(CCCCCCCC(=O)OCC)OC(C)CC(C)(C)O. The maximum atomic E-state index is 11.5. The van der Waals surface area contributed by atoms with Crippen LogP contribution in [0, 0.1) is 0 Å². The standard InChI is InChI=1S/C32H64O8/c1-9-11-12-16-19-26(39-24(3)22-31(5,6)36)29(34)30(35)27(40-25(4)23-32(7,8)37)20-17-14-13-15-18-21-28(33)38-10-2/h24-27,29-30,34-37H,9-23H2,1-8H3. The largest absolute Gasteiger partial charge is 0.466 e. The molecule has 0 fully saturated rings. The number of aliphatic hydroxyl groups is 4. The first-order valence-electron chi connectivity index (χ1n) is 15.9. The van der Waals surface area contributed by atoms with Crippen LogP contribution in [0.4, 0.5) is 0 Å². The molecule has 0 radical (unpaired) electrons. The summed E-state index contributed by atoms with van der Waals surface area (Å²) in [6, 6.07) is 0. The topological polar surface area (TPSA) is 126 Å². The van der Waals surface area contributed by atoms with E-state index in [4.69, 9.17) is 14.2 Å². The lowest BCUT2D eigenvalue weighted by Crippen LogP contribution is -2.48. The van der Waals surface area contributed by atoms with E-state index in [1.54, 1.807) is 34.6 Å². The zero-order chi connectivity index (χ0) is 30.8. The van der Waals surface area contributed by atoms with Gasteiger partial charge in [-0.15, -0.1) is 0 Å². The lowest BCUT2D eigenvalue weighted by atomic mass is 9.94. The van der Waals surface area contributed by atoms with Crippen molar-refractivity contribution in [3.8, 4) is 0 Å². The van der Waals surface area contributed by atoms with E-state index in [0.717, 1.165) is 57.8 Å². The molecule has 4 N–H and O–H groups in total. The van der Waals surface area contributed by atoms with Crippen LogP contribution in [-0.2, 0) is 19.0 Å². The first-order chi connectivity index (χ1) is 18.6. The van der Waals surface area contributed by atoms with E-state index < -0.39 is 35.6 Å². The first-order valence-corrected chi connectivity index (χ1v) is 15.9. The Hall–Kier alpha value is -0.770. The Kier molecular flexibility index (Phi) is 20.6. The third-order valence-corrected chi connectivity index (χ3v) is 7.02. The quantitative estimate of drug-likeness (QED) is 0.0789. The van der Waals surface area contributed by atoms with Crippen molar-refractivity contribution < 1.29 is 39.4 Å². The molecule has 8 nitrogen and oxygen atoms in total. The highest BCUT2D eigenvalue weighted by Crippen LogP contribution is 2.25. The second-order valence-corrected chi connectivity index (χ2v) is 12.9. The lowest BCUT2D eigenvalue weighted by molar-refractivity contribution is -0.170. The van der Waals surface area contributed by atoms with Crippen LogP contribution >= 0.6 is 0 Å². The normalized spacial score (nSPS) is 17.2. The fraction of sp³-hybridized carbons (Fsp3) is 0.969. The summed E-state index contributed by atoms with van der Waals surface area (Å²) in [4.78, 5) is 11.5. The van der Waals surface area contributed by atoms with Gasteiger partial charge in [-0.1, -0.05) is 58.3 Å². The molecule has 0 aromatic carbocycles. The van der Waals surface area contributed by atoms with Crippen molar-refractivity contribution >= 4 is 5.97 Å². The van der Waals surface area contributed by atoms with E-state index >= 15 is 0 Å². The number of carbonyl (C=O) groups is 1. The summed E-state index contributed by atoms with van der Waals surface area (Å²) >= 11 is 0. The number of rotatable bonds is 25. The Morgan fingerprint density at radius 2 is 1.07 bits per heavy atom. The van der Waals surface area contributed by atoms with Gasteiger partial charge in [0.05, 0.1) is 42.2 Å². The maximum Gasteiger partial charge on any atom is 0.305 e. The van der Waals surface area contributed by atoms with Crippen LogP contribution < -0.4 is 0 Å². The van der Waals surface area contributed by atoms with Crippen molar-refractivity contribution in [3.05, 3.63) is 0 Å². The van der Waals surface area contributed by atoms with E-state index in [1.807, 2.05) is 13.8 Å². The number of unbranched alkanes of at least 4 members (excludes halogenated alkanes) is 7. The minimum absolute atomic E-state index is 0.155. The molecule has 6 unspecified atom stereocenters. The zero-order valence-corrected chi connectivity index (χ0v) is 27.0. The minimum Gasteiger partial charge on any atom is -0.466 e. The summed E-state index contributed by atoms with van der Waals surface area (Å²) in [5.74, 6) is -0.155. The lowest BCUT2D eigenvalue weighted by Gasteiger charge is -2.36. The van der Waals surface area contributed by atoms with Crippen LogP contribution in [0.2, 0.25) is 0 Å². The molecule has 0 spiro atoms. The van der Waals surface area contributed by atoms with Crippen LogP contribution in [0.3, 0.4) is 0 Å². The Balaban J connectivity index is 5.31. The second kappa shape index (κ2) is 21.0. The fourth-order valence-electron chi connectivity index (χ4n) is 5.33. The van der Waals surface area contributed by atoms with Gasteiger partial charge < -0.3 is 34.6 Å². The van der Waals surface area contributed by atoms with Gasteiger partial charge >= 0.3 is 5.97 Å². The summed E-state index contributed by atoms with van der Waals surface area (Å²) in [5, 5.41) is 43.3. The molecule has 0 rings (SSSR count). The first kappa shape index (κ1) is 39.2. The highest BCUT2D eigenvalue weighted by molar-refractivity contribution is 5.69. The number of hydrogen-bond acceptors (Lipinski definition) is 8. The van der Waals surface area contributed by atoms with Crippen molar-refractivity contribution in [2.45, 2.75) is 193 Å². The molecule has 40 heavy (non-hydrogen) atoms. The van der Waals surface area contributed by atoms with Gasteiger partial charge in [0.15, 0.2) is 0 Å². The molecule has 240 valence electrons. The average molecular weight is 577 g/mol. The molecule has 0 aliphatic carbocycles. The van der Waals surface area contributed by atoms with E-state index in [1.165, 1.54) is 0 Å². The van der Waals surface area contributed by atoms with Crippen molar-refractivity contribution in [2.24, 2.45) is 0 Å². The number of carbonyl (C=O) groups excluding carboxylic acids is 1. The number of aliphatic hydroxyl groups excluding tert-OH is 2. The number of hydrogen-bond donors (Lipinski definition) is 4. The van der Waals surface area contributed by atoms with Gasteiger partial charge in [0.1, 0.15) is 12.2 Å². The molecule has 0 aliphatic rings. The van der Waals surface area contributed by atoms with Crippen LogP contribution in [0.25, 0.3) is 0 Å². The van der Waals surface area contributed by atoms with Gasteiger partial charge in [0.25, 0.3) is 0 Å². The van der Waals surface area contributed by atoms with Crippen molar-refractivity contribution in [2.75, 3.05) is 6.61 Å². The second-order valence-electron chi connectivity index (χ2n) is 12.9. The third-order valence-electron chi connectivity index (χ3n) is 7.02. The Morgan fingerprint density at radius 1 is 0.675 bits per heavy atom. The molecule has 0 heterocycles. The van der Waals surface area contributed by atoms with Gasteiger partial charge in [-0.3, -0.25) is 4.79 Å². The molecule has 0 bridgehead atoms. The summed E-state index contributed by atoms with van der Waals surface area (Å²) < 4.78 is 17.5. The van der Waals surface area contributed by atoms with Gasteiger partial charge in [0, 0.05) is 19.3 Å². The summed E-state index contributed by atoms with van der Waals surface area (Å²) in [6.07, 6.45) is 6.85. The van der Waals surface area contributed by atoms with Crippen molar-refractivity contribution in [1.82, 2.24) is 0 Å². The summed E-state index contributed by atoms with van der Waals surface area (Å²) in [5.41, 5.74) is -1.81. The molecule has 0 amide bonds. The predicted octanol–water partition coefficient (Wildman–Crippen LogP) is 5.84. The molecule has 8 heteroatoms. The van der Waals surface area contributed by atoms with Gasteiger partial charge in [-0.2, -0.15) is 0 Å². The highest BCUT2D eigenvalue weighted by atomic mass is 16.5. The smallest absolute Gasteiger partial charge is 0.305 e. The van der Waals surface area contributed by atoms with Crippen LogP contribution in [0.15, 0.2) is 0 Å². The Bertz CT molecular complexity index is 627. The van der Waals surface area contributed by atoms with Crippen LogP contribution in [-0.4, -0.2) is 80.8 Å². The minimum atomic E-state index is -1.15. The molecular weight excluding hydrogens is 512 g/mol. The molecule has 0 aromatic heterocycles. The zero-order valence-electron chi connectivity index (χ0n) is 27.0. The predicted molar refractivity (Wildman–Crippen MR) is 160 cm³/mol. The van der Waals surface area contributed by atoms with Gasteiger partial charge in [0.2, 0.25) is 0 Å².